The molecule has 3 heteroatoms. The van der Waals surface area contributed by atoms with Crippen molar-refractivity contribution in [3.05, 3.63) is 67.6 Å². The molecule has 1 nitrogen and oxygen atoms in total. The van der Waals surface area contributed by atoms with Crippen LogP contribution in [0.15, 0.2) is 34.8 Å². The van der Waals surface area contributed by atoms with E-state index in [1.807, 2.05) is 32.9 Å². The summed E-state index contributed by atoms with van der Waals surface area (Å²) < 4.78 is 0.763. The van der Waals surface area contributed by atoms with Gasteiger partial charge in [0, 0.05) is 20.6 Å². The van der Waals surface area contributed by atoms with E-state index in [9.17, 15) is 4.79 Å². The van der Waals surface area contributed by atoms with Crippen LogP contribution in [0.5, 0.6) is 0 Å². The van der Waals surface area contributed by atoms with Gasteiger partial charge in [-0.05, 0) is 61.7 Å². The van der Waals surface area contributed by atoms with Crippen molar-refractivity contribution >= 4 is 33.3 Å². The van der Waals surface area contributed by atoms with Gasteiger partial charge in [0.15, 0.2) is 5.78 Å². The first-order chi connectivity index (χ1) is 8.90. The topological polar surface area (TPSA) is 17.1 Å². The molecule has 0 bridgehead atoms. The third-order valence-electron chi connectivity index (χ3n) is 3.26. The van der Waals surface area contributed by atoms with E-state index in [1.54, 1.807) is 18.2 Å². The minimum Gasteiger partial charge on any atom is -0.289 e. The van der Waals surface area contributed by atoms with Crippen LogP contribution < -0.4 is 0 Å². The van der Waals surface area contributed by atoms with Gasteiger partial charge in [0.1, 0.15) is 0 Å². The van der Waals surface area contributed by atoms with E-state index in [0.29, 0.717) is 10.6 Å². The van der Waals surface area contributed by atoms with Gasteiger partial charge >= 0.3 is 0 Å². The van der Waals surface area contributed by atoms with E-state index in [-0.39, 0.29) is 5.78 Å². The van der Waals surface area contributed by atoms with E-state index in [2.05, 4.69) is 15.9 Å². The number of halogens is 2. The van der Waals surface area contributed by atoms with Crippen LogP contribution in [0.4, 0.5) is 0 Å². The quantitative estimate of drug-likeness (QED) is 0.683. The van der Waals surface area contributed by atoms with E-state index < -0.39 is 0 Å². The summed E-state index contributed by atoms with van der Waals surface area (Å²) in [6.07, 6.45) is 0. The summed E-state index contributed by atoms with van der Waals surface area (Å²) in [6.45, 7) is 6.02. The van der Waals surface area contributed by atoms with Crippen molar-refractivity contribution in [1.82, 2.24) is 0 Å². The standard InChI is InChI=1S/C16H14BrClO/c1-9-6-11(3)13(7-10(9)2)16(19)14-8-12(18)4-5-15(14)17/h4-8H,1-3H3. The number of carbonyl (C=O) groups excluding carboxylic acids is 1. The van der Waals surface area contributed by atoms with Crippen LogP contribution >= 0.6 is 27.5 Å². The van der Waals surface area contributed by atoms with Crippen LogP contribution in [0, 0.1) is 20.8 Å². The highest BCUT2D eigenvalue weighted by Crippen LogP contribution is 2.26. The van der Waals surface area contributed by atoms with Crippen LogP contribution in [0.1, 0.15) is 32.6 Å². The normalized spacial score (nSPS) is 10.6. The summed E-state index contributed by atoms with van der Waals surface area (Å²) in [7, 11) is 0. The summed E-state index contributed by atoms with van der Waals surface area (Å²) in [5.74, 6) is -0.00465. The van der Waals surface area contributed by atoms with Gasteiger partial charge in [-0.2, -0.15) is 0 Å². The number of aryl methyl sites for hydroxylation is 3. The Bertz CT molecular complexity index is 662. The van der Waals surface area contributed by atoms with Gasteiger partial charge in [-0.15, -0.1) is 0 Å². The smallest absolute Gasteiger partial charge is 0.194 e. The first-order valence-corrected chi connectivity index (χ1v) is 7.15. The second-order valence-corrected chi connectivity index (χ2v) is 6.00. The van der Waals surface area contributed by atoms with Crippen molar-refractivity contribution in [3.8, 4) is 0 Å². The highest BCUT2D eigenvalue weighted by Gasteiger charge is 2.16. The number of benzene rings is 2. The fraction of sp³-hybridized carbons (Fsp3) is 0.188. The molecule has 2 aromatic carbocycles. The second kappa shape index (κ2) is 5.48. The Labute approximate surface area is 126 Å². The Kier molecular flexibility index (Phi) is 4.12. The summed E-state index contributed by atoms with van der Waals surface area (Å²) in [5.41, 5.74) is 4.62. The van der Waals surface area contributed by atoms with Gasteiger partial charge in [0.2, 0.25) is 0 Å². The van der Waals surface area contributed by atoms with E-state index in [4.69, 9.17) is 11.6 Å². The molecule has 0 atom stereocenters. The molecule has 0 fully saturated rings. The Hall–Kier alpha value is -1.12. The van der Waals surface area contributed by atoms with Gasteiger partial charge in [-0.3, -0.25) is 4.79 Å². The molecule has 2 aromatic rings. The van der Waals surface area contributed by atoms with Crippen molar-refractivity contribution in [1.29, 1.82) is 0 Å². The van der Waals surface area contributed by atoms with Crippen molar-refractivity contribution in [3.63, 3.8) is 0 Å². The molecule has 0 unspecified atom stereocenters. The zero-order valence-corrected chi connectivity index (χ0v) is 13.4. The van der Waals surface area contributed by atoms with E-state index >= 15 is 0 Å². The van der Waals surface area contributed by atoms with Crippen molar-refractivity contribution in [2.45, 2.75) is 20.8 Å². The molecule has 0 saturated heterocycles. The lowest BCUT2D eigenvalue weighted by molar-refractivity contribution is 0.103. The van der Waals surface area contributed by atoms with Crippen LogP contribution in [0.3, 0.4) is 0 Å². The average molecular weight is 338 g/mol. The average Bonchev–Trinajstić information content (AvgIpc) is 2.36. The molecule has 0 aliphatic rings. The lowest BCUT2D eigenvalue weighted by atomic mass is 9.95. The van der Waals surface area contributed by atoms with Gasteiger partial charge in [-0.1, -0.05) is 33.6 Å². The maximum atomic E-state index is 12.6. The SMILES string of the molecule is Cc1cc(C)c(C(=O)c2cc(Cl)ccc2Br)cc1C. The minimum atomic E-state index is -0.00465. The second-order valence-electron chi connectivity index (χ2n) is 4.70. The predicted molar refractivity (Wildman–Crippen MR) is 83.2 cm³/mol. The largest absolute Gasteiger partial charge is 0.289 e. The molecular formula is C16H14BrClO. The Morgan fingerprint density at radius 2 is 1.58 bits per heavy atom. The molecule has 0 spiro atoms. The fourth-order valence-electron chi connectivity index (χ4n) is 2.02. The molecule has 0 heterocycles. The minimum absolute atomic E-state index is 0.00465. The number of ketones is 1. The van der Waals surface area contributed by atoms with Crippen molar-refractivity contribution < 1.29 is 4.79 Å². The molecule has 0 aromatic heterocycles. The van der Waals surface area contributed by atoms with Crippen LogP contribution in [0.25, 0.3) is 0 Å². The van der Waals surface area contributed by atoms with Crippen LogP contribution in [0.2, 0.25) is 5.02 Å². The third kappa shape index (κ3) is 2.90. The number of hydrogen-bond donors (Lipinski definition) is 0. The van der Waals surface area contributed by atoms with Gasteiger partial charge in [0.25, 0.3) is 0 Å². The zero-order valence-electron chi connectivity index (χ0n) is 11.1. The number of rotatable bonds is 2. The summed E-state index contributed by atoms with van der Waals surface area (Å²) in [4.78, 5) is 12.6. The van der Waals surface area contributed by atoms with Gasteiger partial charge in [0.05, 0.1) is 0 Å². The molecule has 19 heavy (non-hydrogen) atoms. The third-order valence-corrected chi connectivity index (χ3v) is 4.18. The zero-order chi connectivity index (χ0) is 14.2. The van der Waals surface area contributed by atoms with Crippen molar-refractivity contribution in [2.24, 2.45) is 0 Å². The van der Waals surface area contributed by atoms with E-state index in [1.165, 1.54) is 5.56 Å². The number of carbonyl (C=O) groups is 1. The molecule has 0 aliphatic carbocycles. The molecule has 2 rings (SSSR count). The molecular weight excluding hydrogens is 324 g/mol. The Morgan fingerprint density at radius 1 is 0.947 bits per heavy atom. The monoisotopic (exact) mass is 336 g/mol. The summed E-state index contributed by atoms with van der Waals surface area (Å²) >= 11 is 9.38. The van der Waals surface area contributed by atoms with Crippen molar-refractivity contribution in [2.75, 3.05) is 0 Å². The fourth-order valence-corrected chi connectivity index (χ4v) is 2.62. The van der Waals surface area contributed by atoms with Crippen LogP contribution in [-0.4, -0.2) is 5.78 Å². The molecule has 0 amide bonds. The Balaban J connectivity index is 2.56. The van der Waals surface area contributed by atoms with E-state index in [0.717, 1.165) is 21.2 Å². The Morgan fingerprint density at radius 3 is 2.26 bits per heavy atom. The highest BCUT2D eigenvalue weighted by molar-refractivity contribution is 9.10. The lowest BCUT2D eigenvalue weighted by Crippen LogP contribution is -2.06. The first-order valence-electron chi connectivity index (χ1n) is 5.97. The number of hydrogen-bond acceptors (Lipinski definition) is 1. The lowest BCUT2D eigenvalue weighted by Gasteiger charge is -2.10. The highest BCUT2D eigenvalue weighted by atomic mass is 79.9. The maximum Gasteiger partial charge on any atom is 0.194 e. The predicted octanol–water partition coefficient (Wildman–Crippen LogP) is 5.26. The van der Waals surface area contributed by atoms with Gasteiger partial charge in [-0.25, -0.2) is 0 Å². The molecule has 0 aliphatic heterocycles. The first kappa shape index (κ1) is 14.3. The molecule has 0 N–H and O–H groups in total. The molecule has 98 valence electrons. The summed E-state index contributed by atoms with van der Waals surface area (Å²) in [5, 5.41) is 0.563. The van der Waals surface area contributed by atoms with Crippen LogP contribution in [-0.2, 0) is 0 Å². The molecule has 0 saturated carbocycles. The molecule has 0 radical (unpaired) electrons. The summed E-state index contributed by atoms with van der Waals surface area (Å²) in [6, 6.07) is 9.24. The maximum absolute atomic E-state index is 12.6. The van der Waals surface area contributed by atoms with Gasteiger partial charge < -0.3 is 0 Å².